The molecule has 0 aromatic carbocycles. The van der Waals surface area contributed by atoms with Crippen LogP contribution in [0.3, 0.4) is 0 Å². The summed E-state index contributed by atoms with van der Waals surface area (Å²) in [6.45, 7) is 9.07. The van der Waals surface area contributed by atoms with Crippen LogP contribution in [0.25, 0.3) is 0 Å². The summed E-state index contributed by atoms with van der Waals surface area (Å²) < 4.78 is 7.78. The number of imidazole rings is 1. The number of aromatic nitrogens is 2. The van der Waals surface area contributed by atoms with E-state index in [1.165, 1.54) is 18.5 Å². The van der Waals surface area contributed by atoms with Crippen molar-refractivity contribution in [3.8, 4) is 0 Å². The lowest BCUT2D eigenvalue weighted by molar-refractivity contribution is 0.126. The first-order valence-electron chi connectivity index (χ1n) is 7.16. The van der Waals surface area contributed by atoms with Crippen LogP contribution in [-0.4, -0.2) is 29.3 Å². The molecule has 0 saturated heterocycles. The molecule has 0 bridgehead atoms. The highest BCUT2D eigenvalue weighted by molar-refractivity contribution is 4.97. The Kier molecular flexibility index (Phi) is 8.51. The van der Waals surface area contributed by atoms with E-state index in [0.29, 0.717) is 0 Å². The first-order chi connectivity index (χ1) is 8.88. The molecule has 0 radical (unpaired) electrons. The zero-order valence-corrected chi connectivity index (χ0v) is 11.8. The Morgan fingerprint density at radius 2 is 2.06 bits per heavy atom. The molecular weight excluding hydrogens is 226 g/mol. The Hall–Kier alpha value is -0.870. The third-order valence-electron chi connectivity index (χ3n) is 2.86. The normalized spacial score (nSPS) is 11.0. The van der Waals surface area contributed by atoms with Crippen LogP contribution in [-0.2, 0) is 17.8 Å². The molecule has 18 heavy (non-hydrogen) atoms. The van der Waals surface area contributed by atoms with Gasteiger partial charge in [-0.3, -0.25) is 0 Å². The van der Waals surface area contributed by atoms with Crippen molar-refractivity contribution in [1.82, 2.24) is 14.9 Å². The van der Waals surface area contributed by atoms with Crippen molar-refractivity contribution in [3.05, 3.63) is 18.2 Å². The molecule has 0 saturated carbocycles. The minimum absolute atomic E-state index is 0.847. The minimum Gasteiger partial charge on any atom is -0.381 e. The van der Waals surface area contributed by atoms with Gasteiger partial charge in [-0.2, -0.15) is 0 Å². The van der Waals surface area contributed by atoms with Crippen molar-refractivity contribution in [2.45, 2.75) is 52.6 Å². The van der Waals surface area contributed by atoms with E-state index in [9.17, 15) is 0 Å². The second kappa shape index (κ2) is 10.1. The van der Waals surface area contributed by atoms with Gasteiger partial charge < -0.3 is 14.6 Å². The number of ether oxygens (including phenoxy) is 1. The molecular formula is C14H27N3O. The molecule has 4 nitrogen and oxygen atoms in total. The molecule has 0 spiro atoms. The molecule has 1 aromatic heterocycles. The van der Waals surface area contributed by atoms with Gasteiger partial charge in [0.15, 0.2) is 0 Å². The predicted octanol–water partition coefficient (Wildman–Crippen LogP) is 2.59. The Balaban J connectivity index is 2.15. The van der Waals surface area contributed by atoms with E-state index in [-0.39, 0.29) is 0 Å². The highest BCUT2D eigenvalue weighted by Gasteiger charge is 2.01. The number of nitrogens with one attached hydrogen (secondary N) is 1. The lowest BCUT2D eigenvalue weighted by atomic mass is 10.3. The zero-order chi connectivity index (χ0) is 13.1. The topological polar surface area (TPSA) is 39.1 Å². The third kappa shape index (κ3) is 6.17. The standard InChI is InChI=1S/C14H27N3O/c1-3-5-9-18-10-6-8-17-13-16-12-14(17)11-15-7-4-2/h12-13,15H,3-11H2,1-2H3. The van der Waals surface area contributed by atoms with E-state index in [4.69, 9.17) is 4.74 Å². The average Bonchev–Trinajstić information content (AvgIpc) is 2.82. The van der Waals surface area contributed by atoms with Gasteiger partial charge in [0, 0.05) is 32.5 Å². The van der Waals surface area contributed by atoms with Crippen LogP contribution in [0, 0.1) is 0 Å². The van der Waals surface area contributed by atoms with Crippen molar-refractivity contribution in [1.29, 1.82) is 0 Å². The summed E-state index contributed by atoms with van der Waals surface area (Å²) in [6.07, 6.45) is 8.45. The fourth-order valence-electron chi connectivity index (χ4n) is 1.78. The van der Waals surface area contributed by atoms with Gasteiger partial charge in [0.05, 0.1) is 12.0 Å². The molecule has 1 heterocycles. The Morgan fingerprint density at radius 1 is 1.22 bits per heavy atom. The van der Waals surface area contributed by atoms with E-state index in [1.807, 2.05) is 12.5 Å². The first-order valence-corrected chi connectivity index (χ1v) is 7.16. The smallest absolute Gasteiger partial charge is 0.0948 e. The van der Waals surface area contributed by atoms with Crippen LogP contribution in [0.1, 0.15) is 45.2 Å². The average molecular weight is 253 g/mol. The highest BCUT2D eigenvalue weighted by Crippen LogP contribution is 2.01. The van der Waals surface area contributed by atoms with Crippen LogP contribution in [0.5, 0.6) is 0 Å². The van der Waals surface area contributed by atoms with Gasteiger partial charge in [-0.15, -0.1) is 0 Å². The highest BCUT2D eigenvalue weighted by atomic mass is 16.5. The molecule has 0 aliphatic rings. The summed E-state index contributed by atoms with van der Waals surface area (Å²) in [7, 11) is 0. The van der Waals surface area contributed by atoms with Gasteiger partial charge in [0.25, 0.3) is 0 Å². The van der Waals surface area contributed by atoms with Crippen LogP contribution in [0.2, 0.25) is 0 Å². The molecule has 0 amide bonds. The van der Waals surface area contributed by atoms with Crippen LogP contribution >= 0.6 is 0 Å². The van der Waals surface area contributed by atoms with E-state index in [1.54, 1.807) is 0 Å². The van der Waals surface area contributed by atoms with Gasteiger partial charge >= 0.3 is 0 Å². The molecule has 104 valence electrons. The van der Waals surface area contributed by atoms with Crippen molar-refractivity contribution in [3.63, 3.8) is 0 Å². The van der Waals surface area contributed by atoms with E-state index in [2.05, 4.69) is 28.7 Å². The van der Waals surface area contributed by atoms with Gasteiger partial charge in [0.1, 0.15) is 0 Å². The van der Waals surface area contributed by atoms with Crippen molar-refractivity contribution in [2.75, 3.05) is 19.8 Å². The molecule has 0 aliphatic heterocycles. The molecule has 1 N–H and O–H groups in total. The number of rotatable bonds is 11. The minimum atomic E-state index is 0.847. The fourth-order valence-corrected chi connectivity index (χ4v) is 1.78. The number of aryl methyl sites for hydroxylation is 1. The third-order valence-corrected chi connectivity index (χ3v) is 2.86. The van der Waals surface area contributed by atoms with Crippen LogP contribution in [0.4, 0.5) is 0 Å². The molecule has 0 aliphatic carbocycles. The molecule has 4 heteroatoms. The van der Waals surface area contributed by atoms with Gasteiger partial charge in [-0.25, -0.2) is 4.98 Å². The summed E-state index contributed by atoms with van der Waals surface area (Å²) >= 11 is 0. The maximum Gasteiger partial charge on any atom is 0.0948 e. The van der Waals surface area contributed by atoms with Crippen molar-refractivity contribution >= 4 is 0 Å². The van der Waals surface area contributed by atoms with Crippen LogP contribution in [0.15, 0.2) is 12.5 Å². The summed E-state index contributed by atoms with van der Waals surface area (Å²) in [4.78, 5) is 4.21. The van der Waals surface area contributed by atoms with Crippen molar-refractivity contribution in [2.24, 2.45) is 0 Å². The summed E-state index contributed by atoms with van der Waals surface area (Å²) in [5.41, 5.74) is 1.26. The monoisotopic (exact) mass is 253 g/mol. The summed E-state index contributed by atoms with van der Waals surface area (Å²) in [6, 6.07) is 0. The lowest BCUT2D eigenvalue weighted by Crippen LogP contribution is -2.17. The van der Waals surface area contributed by atoms with Gasteiger partial charge in [-0.1, -0.05) is 20.3 Å². The first kappa shape index (κ1) is 15.2. The largest absolute Gasteiger partial charge is 0.381 e. The van der Waals surface area contributed by atoms with E-state index in [0.717, 1.165) is 45.7 Å². The van der Waals surface area contributed by atoms with E-state index >= 15 is 0 Å². The maximum absolute atomic E-state index is 5.56. The zero-order valence-electron chi connectivity index (χ0n) is 11.8. The Labute approximate surface area is 111 Å². The number of unbranched alkanes of at least 4 members (excludes halogenated alkanes) is 1. The predicted molar refractivity (Wildman–Crippen MR) is 74.6 cm³/mol. The van der Waals surface area contributed by atoms with Gasteiger partial charge in [0.2, 0.25) is 0 Å². The number of hydrogen-bond donors (Lipinski definition) is 1. The second-order valence-corrected chi connectivity index (χ2v) is 4.57. The molecule has 1 aromatic rings. The lowest BCUT2D eigenvalue weighted by Gasteiger charge is -2.09. The van der Waals surface area contributed by atoms with Crippen LogP contribution < -0.4 is 5.32 Å². The SMILES string of the molecule is CCCCOCCCn1cncc1CNCCC. The Morgan fingerprint density at radius 3 is 2.83 bits per heavy atom. The molecule has 0 fully saturated rings. The fraction of sp³-hybridized carbons (Fsp3) is 0.786. The van der Waals surface area contributed by atoms with E-state index < -0.39 is 0 Å². The van der Waals surface area contributed by atoms with Gasteiger partial charge in [-0.05, 0) is 25.8 Å². The summed E-state index contributed by atoms with van der Waals surface area (Å²) in [5, 5.41) is 3.40. The molecule has 0 unspecified atom stereocenters. The number of hydrogen-bond acceptors (Lipinski definition) is 3. The second-order valence-electron chi connectivity index (χ2n) is 4.57. The number of nitrogens with zero attached hydrogens (tertiary/aromatic N) is 2. The summed E-state index contributed by atoms with van der Waals surface area (Å²) in [5.74, 6) is 0. The quantitative estimate of drug-likeness (QED) is 0.616. The molecule has 0 atom stereocenters. The molecule has 1 rings (SSSR count). The Bertz CT molecular complexity index is 299. The van der Waals surface area contributed by atoms with Crippen molar-refractivity contribution < 1.29 is 4.74 Å². The maximum atomic E-state index is 5.56.